The number of carbonyl (C=O) groups excluding carboxylic acids is 4. The SMILES string of the molecule is O=C1C(c2ccccc2)=CC(=O)C2(c3ccccc3)C1CC1C(=CCC3C(=O)N(c4cccc(B(O)O)c4)C(=O)C31)C2c1ccc(O)cc1Cl. The molecule has 0 spiro atoms. The lowest BCUT2D eigenvalue weighted by Crippen LogP contribution is -2.58. The van der Waals surface area contributed by atoms with E-state index in [2.05, 4.69) is 0 Å². The second-order valence-corrected chi connectivity index (χ2v) is 13.9. The highest BCUT2D eigenvalue weighted by Gasteiger charge is 2.66. The Labute approximate surface area is 293 Å². The van der Waals surface area contributed by atoms with Crippen LogP contribution in [0.1, 0.15) is 35.4 Å². The predicted octanol–water partition coefficient (Wildman–Crippen LogP) is 4.75. The molecule has 2 amide bonds. The number of amides is 2. The van der Waals surface area contributed by atoms with Gasteiger partial charge in [-0.05, 0) is 71.3 Å². The fraction of sp³-hybridized carbons (Fsp3) is 0.200. The summed E-state index contributed by atoms with van der Waals surface area (Å²) >= 11 is 6.92. The van der Waals surface area contributed by atoms with Crippen LogP contribution in [0.15, 0.2) is 121 Å². The lowest BCUT2D eigenvalue weighted by atomic mass is 9.44. The molecule has 8 nitrogen and oxygen atoms in total. The minimum atomic E-state index is -1.79. The number of fused-ring (bicyclic) bond motifs is 4. The molecule has 1 saturated carbocycles. The molecular weight excluding hydrogens is 653 g/mol. The van der Waals surface area contributed by atoms with Crippen molar-refractivity contribution >= 4 is 58.8 Å². The maximum Gasteiger partial charge on any atom is 0.488 e. The number of halogens is 1. The zero-order chi connectivity index (χ0) is 34.9. The van der Waals surface area contributed by atoms with Crippen molar-refractivity contribution < 1.29 is 34.3 Å². The molecule has 6 unspecified atom stereocenters. The van der Waals surface area contributed by atoms with Gasteiger partial charge in [-0.25, -0.2) is 0 Å². The van der Waals surface area contributed by atoms with Crippen LogP contribution in [0.4, 0.5) is 5.69 Å². The number of phenols is 1. The topological polar surface area (TPSA) is 132 Å². The van der Waals surface area contributed by atoms with E-state index < -0.39 is 53.9 Å². The van der Waals surface area contributed by atoms with Gasteiger partial charge in [0.15, 0.2) is 11.6 Å². The van der Waals surface area contributed by atoms with E-state index in [1.54, 1.807) is 30.3 Å². The van der Waals surface area contributed by atoms with Crippen LogP contribution in [0, 0.1) is 23.7 Å². The summed E-state index contributed by atoms with van der Waals surface area (Å²) in [6, 6.07) is 28.9. The van der Waals surface area contributed by atoms with Crippen LogP contribution in [0.25, 0.3) is 5.57 Å². The number of imide groups is 1. The van der Waals surface area contributed by atoms with Gasteiger partial charge in [0.2, 0.25) is 11.8 Å². The standard InChI is InChI=1S/C40H31BClNO7/c42-33-19-26(44)14-15-28(33)36-27-16-17-29-35(39(48)43(38(29)47)25-13-7-12-24(18-25)41(49)50)31(27)20-32-37(46)30(22-8-3-1-4-9-22)21-34(45)40(32,36)23-10-5-2-6-11-23/h1-16,18-19,21,29,31-32,35-36,44,49-50H,17,20H2. The maximum atomic E-state index is 15.1. The lowest BCUT2D eigenvalue weighted by molar-refractivity contribution is -0.135. The fourth-order valence-corrected chi connectivity index (χ4v) is 9.33. The molecule has 3 N–H and O–H groups in total. The average molecular weight is 684 g/mol. The van der Waals surface area contributed by atoms with Crippen molar-refractivity contribution in [2.75, 3.05) is 4.90 Å². The minimum absolute atomic E-state index is 0.0612. The normalized spacial score (nSPS) is 27.3. The summed E-state index contributed by atoms with van der Waals surface area (Å²) in [5.74, 6) is -5.33. The molecule has 6 atom stereocenters. The van der Waals surface area contributed by atoms with Crippen LogP contribution >= 0.6 is 11.6 Å². The summed E-state index contributed by atoms with van der Waals surface area (Å²) in [6.07, 6.45) is 3.74. The Morgan fingerprint density at radius 1 is 0.800 bits per heavy atom. The number of benzene rings is 4. The van der Waals surface area contributed by atoms with Gasteiger partial charge in [-0.3, -0.25) is 24.1 Å². The van der Waals surface area contributed by atoms with Gasteiger partial charge in [0.05, 0.1) is 22.9 Å². The molecular formula is C40H31BClNO7. The molecule has 0 radical (unpaired) electrons. The molecule has 1 aliphatic heterocycles. The first-order valence-corrected chi connectivity index (χ1v) is 16.9. The lowest BCUT2D eigenvalue weighted by Gasteiger charge is -2.55. The monoisotopic (exact) mass is 683 g/mol. The van der Waals surface area contributed by atoms with E-state index in [9.17, 15) is 29.5 Å². The number of Topliss-reactive ketones (excluding diaryl/α,β-unsaturated/α-hetero) is 1. The number of phenolic OH excluding ortho intramolecular Hbond substituents is 1. The third-order valence-corrected chi connectivity index (χ3v) is 11.4. The molecule has 10 heteroatoms. The molecule has 0 bridgehead atoms. The van der Waals surface area contributed by atoms with Crippen LogP contribution in [-0.4, -0.2) is 45.7 Å². The quantitative estimate of drug-likeness (QED) is 0.157. The smallest absolute Gasteiger partial charge is 0.488 e. The summed E-state index contributed by atoms with van der Waals surface area (Å²) in [4.78, 5) is 59.7. The highest BCUT2D eigenvalue weighted by molar-refractivity contribution is 6.58. The van der Waals surface area contributed by atoms with Gasteiger partial charge in [0.25, 0.3) is 0 Å². The molecule has 3 aliphatic carbocycles. The molecule has 2 fully saturated rings. The van der Waals surface area contributed by atoms with Gasteiger partial charge in [0, 0.05) is 22.4 Å². The number of hydrogen-bond acceptors (Lipinski definition) is 7. The van der Waals surface area contributed by atoms with Crippen molar-refractivity contribution in [1.29, 1.82) is 0 Å². The Balaban J connectivity index is 1.35. The van der Waals surface area contributed by atoms with E-state index in [1.807, 2.05) is 54.6 Å². The summed E-state index contributed by atoms with van der Waals surface area (Å²) in [5.41, 5.74) is 1.74. The van der Waals surface area contributed by atoms with Crippen LogP contribution < -0.4 is 10.4 Å². The highest BCUT2D eigenvalue weighted by atomic mass is 35.5. The third kappa shape index (κ3) is 4.68. The van der Waals surface area contributed by atoms with Crippen LogP contribution in [-0.2, 0) is 24.6 Å². The average Bonchev–Trinajstić information content (AvgIpc) is 3.38. The second-order valence-electron chi connectivity index (χ2n) is 13.5. The minimum Gasteiger partial charge on any atom is -0.508 e. The molecule has 4 aromatic carbocycles. The summed E-state index contributed by atoms with van der Waals surface area (Å²) in [5, 5.41) is 30.2. The molecule has 8 rings (SSSR count). The van der Waals surface area contributed by atoms with Gasteiger partial charge in [-0.15, -0.1) is 0 Å². The van der Waals surface area contributed by atoms with Crippen LogP contribution in [0.3, 0.4) is 0 Å². The Morgan fingerprint density at radius 3 is 2.22 bits per heavy atom. The van der Waals surface area contributed by atoms with E-state index in [0.29, 0.717) is 16.7 Å². The van der Waals surface area contributed by atoms with Gasteiger partial charge in [0.1, 0.15) is 5.75 Å². The first kappa shape index (κ1) is 32.1. The molecule has 248 valence electrons. The van der Waals surface area contributed by atoms with Crippen molar-refractivity contribution in [2.24, 2.45) is 23.7 Å². The summed E-state index contributed by atoms with van der Waals surface area (Å²) in [7, 11) is -1.79. The second kappa shape index (κ2) is 12.1. The number of aromatic hydroxyl groups is 1. The van der Waals surface area contributed by atoms with E-state index >= 15 is 4.79 Å². The summed E-state index contributed by atoms with van der Waals surface area (Å²) < 4.78 is 0. The zero-order valence-corrected chi connectivity index (χ0v) is 27.4. The number of rotatable bonds is 5. The first-order valence-electron chi connectivity index (χ1n) is 16.6. The molecule has 1 saturated heterocycles. The Hall–Kier alpha value is -5.09. The van der Waals surface area contributed by atoms with Crippen molar-refractivity contribution in [3.8, 4) is 5.75 Å². The van der Waals surface area contributed by atoms with Gasteiger partial charge in [-0.1, -0.05) is 102 Å². The van der Waals surface area contributed by atoms with Gasteiger partial charge in [-0.2, -0.15) is 0 Å². The fourth-order valence-electron chi connectivity index (χ4n) is 9.05. The molecule has 0 aromatic heterocycles. The Bertz CT molecular complexity index is 2150. The predicted molar refractivity (Wildman–Crippen MR) is 188 cm³/mol. The number of nitrogens with zero attached hydrogens (tertiary/aromatic N) is 1. The first-order chi connectivity index (χ1) is 24.1. The number of hydrogen-bond donors (Lipinski definition) is 3. The van der Waals surface area contributed by atoms with Gasteiger partial charge < -0.3 is 15.2 Å². The van der Waals surface area contributed by atoms with Crippen molar-refractivity contribution in [1.82, 2.24) is 0 Å². The van der Waals surface area contributed by atoms with Crippen LogP contribution in [0.5, 0.6) is 5.75 Å². The number of carbonyl (C=O) groups is 4. The largest absolute Gasteiger partial charge is 0.508 e. The Kier molecular flexibility index (Phi) is 7.75. The maximum absolute atomic E-state index is 15.1. The van der Waals surface area contributed by atoms with E-state index in [4.69, 9.17) is 11.6 Å². The third-order valence-electron chi connectivity index (χ3n) is 11.1. The molecule has 50 heavy (non-hydrogen) atoms. The van der Waals surface area contributed by atoms with Crippen molar-refractivity contribution in [3.05, 3.63) is 143 Å². The highest BCUT2D eigenvalue weighted by Crippen LogP contribution is 2.64. The van der Waals surface area contributed by atoms with Crippen LogP contribution in [0.2, 0.25) is 5.02 Å². The van der Waals surface area contributed by atoms with E-state index in [-0.39, 0.29) is 51.9 Å². The molecule has 4 aliphatic rings. The van der Waals surface area contributed by atoms with E-state index in [0.717, 1.165) is 10.5 Å². The Morgan fingerprint density at radius 2 is 1.52 bits per heavy atom. The number of anilines is 1. The zero-order valence-electron chi connectivity index (χ0n) is 26.6. The van der Waals surface area contributed by atoms with Crippen molar-refractivity contribution in [3.63, 3.8) is 0 Å². The summed E-state index contributed by atoms with van der Waals surface area (Å²) in [6.45, 7) is 0. The molecule has 1 heterocycles. The molecule has 4 aromatic rings. The van der Waals surface area contributed by atoms with Gasteiger partial charge >= 0.3 is 7.12 Å². The number of allylic oxidation sites excluding steroid dienone is 4. The van der Waals surface area contributed by atoms with Crippen molar-refractivity contribution in [2.45, 2.75) is 24.2 Å². The van der Waals surface area contributed by atoms with E-state index in [1.165, 1.54) is 30.3 Å². The number of ketones is 2.